The number of hydrogen-bond acceptors (Lipinski definition) is 1. The van der Waals surface area contributed by atoms with Crippen LogP contribution in [-0.4, -0.2) is 23.5 Å². The van der Waals surface area contributed by atoms with E-state index in [0.29, 0.717) is 10.9 Å². The van der Waals surface area contributed by atoms with E-state index in [1.54, 1.807) is 0 Å². The second kappa shape index (κ2) is 7.52. The molecule has 0 N–H and O–H groups in total. The van der Waals surface area contributed by atoms with Crippen LogP contribution in [0.1, 0.15) is 18.4 Å². The normalized spacial score (nSPS) is 15.5. The first-order chi connectivity index (χ1) is 7.33. The molecule has 1 heterocycles. The number of carbonyl (C=O) groups excluding carboxylic acids is 1. The van der Waals surface area contributed by atoms with Crippen LogP contribution in [0.3, 0.4) is 0 Å². The molecule has 0 amide bonds. The minimum absolute atomic E-state index is 0.505. The molecule has 2 heteroatoms. The van der Waals surface area contributed by atoms with Crippen molar-refractivity contribution in [3.05, 3.63) is 35.9 Å². The highest BCUT2D eigenvalue weighted by Crippen LogP contribution is 2.11. The fraction of sp³-hybridized carbons (Fsp3) is 0.462. The van der Waals surface area contributed by atoms with E-state index in [0.717, 1.165) is 12.0 Å². The minimum Gasteiger partial charge on any atom is -0.298 e. The van der Waals surface area contributed by atoms with Crippen LogP contribution in [0.25, 0.3) is 0 Å². The van der Waals surface area contributed by atoms with Crippen molar-refractivity contribution in [2.45, 2.75) is 19.8 Å². The van der Waals surface area contributed by atoms with E-state index in [1.807, 2.05) is 18.2 Å². The van der Waals surface area contributed by atoms with E-state index in [9.17, 15) is 4.79 Å². The molecular weight excluding hydrogens is 204 g/mol. The molecular formula is C13H19OS+. The first-order valence-corrected chi connectivity index (χ1v) is 7.15. The van der Waals surface area contributed by atoms with Gasteiger partial charge in [0.15, 0.2) is 12.0 Å². The summed E-state index contributed by atoms with van der Waals surface area (Å²) in [5, 5.41) is 0. The van der Waals surface area contributed by atoms with Gasteiger partial charge in [-0.15, -0.1) is 0 Å². The zero-order chi connectivity index (χ0) is 10.9. The van der Waals surface area contributed by atoms with Gasteiger partial charge in [0.1, 0.15) is 11.5 Å². The van der Waals surface area contributed by atoms with Crippen molar-refractivity contribution in [1.29, 1.82) is 0 Å². The molecule has 0 aromatic heterocycles. The van der Waals surface area contributed by atoms with Crippen LogP contribution in [0.15, 0.2) is 30.3 Å². The Balaban J connectivity index is 0.000000151. The molecule has 1 fully saturated rings. The maximum absolute atomic E-state index is 9.97. The van der Waals surface area contributed by atoms with Crippen LogP contribution in [0.2, 0.25) is 0 Å². The second-order valence-electron chi connectivity index (χ2n) is 3.72. The lowest BCUT2D eigenvalue weighted by atomic mass is 10.2. The Morgan fingerprint density at radius 2 is 1.80 bits per heavy atom. The van der Waals surface area contributed by atoms with Gasteiger partial charge in [-0.2, -0.15) is 0 Å². The minimum atomic E-state index is 0.505. The van der Waals surface area contributed by atoms with E-state index in [4.69, 9.17) is 0 Å². The summed E-state index contributed by atoms with van der Waals surface area (Å²) in [4.78, 5) is 9.97. The van der Waals surface area contributed by atoms with Gasteiger partial charge >= 0.3 is 0 Å². The lowest BCUT2D eigenvalue weighted by Crippen LogP contribution is -2.08. The van der Waals surface area contributed by atoms with Crippen LogP contribution in [0.5, 0.6) is 0 Å². The standard InChI is InChI=1S/C7H8.C6H11OS/c1-7-5-3-2-4-6-7;7-3-6-8-4-1-2-5-8/h2-6H,1H3;3H,1-2,4-6H2/q;+1. The van der Waals surface area contributed by atoms with Gasteiger partial charge in [0, 0.05) is 0 Å². The Kier molecular flexibility index (Phi) is 6.17. The molecule has 1 saturated heterocycles. The molecule has 0 saturated carbocycles. The van der Waals surface area contributed by atoms with Gasteiger partial charge in [-0.3, -0.25) is 4.79 Å². The molecule has 1 aromatic carbocycles. The van der Waals surface area contributed by atoms with Crippen molar-refractivity contribution in [3.63, 3.8) is 0 Å². The van der Waals surface area contributed by atoms with Crippen molar-refractivity contribution < 1.29 is 4.79 Å². The summed E-state index contributed by atoms with van der Waals surface area (Å²) in [5.41, 5.74) is 1.32. The highest BCUT2D eigenvalue weighted by molar-refractivity contribution is 7.97. The number of hydrogen-bond donors (Lipinski definition) is 0. The summed E-state index contributed by atoms with van der Waals surface area (Å²) in [6, 6.07) is 10.3. The van der Waals surface area contributed by atoms with Gasteiger partial charge in [0.25, 0.3) is 0 Å². The third kappa shape index (κ3) is 5.63. The van der Waals surface area contributed by atoms with Crippen molar-refractivity contribution in [1.82, 2.24) is 0 Å². The molecule has 0 spiro atoms. The lowest BCUT2D eigenvalue weighted by molar-refractivity contribution is -0.105. The number of rotatable bonds is 2. The van der Waals surface area contributed by atoms with Crippen molar-refractivity contribution >= 4 is 17.2 Å². The third-order valence-corrected chi connectivity index (χ3v) is 4.70. The van der Waals surface area contributed by atoms with Crippen LogP contribution >= 0.6 is 0 Å². The average Bonchev–Trinajstić information content (AvgIpc) is 2.73. The summed E-state index contributed by atoms with van der Waals surface area (Å²) in [6.45, 7) is 2.08. The highest BCUT2D eigenvalue weighted by Gasteiger charge is 2.22. The predicted octanol–water partition coefficient (Wildman–Crippen LogP) is 2.59. The molecule has 82 valence electrons. The molecule has 0 radical (unpaired) electrons. The molecule has 1 nitrogen and oxygen atoms in total. The van der Waals surface area contributed by atoms with Crippen molar-refractivity contribution in [3.8, 4) is 0 Å². The Labute approximate surface area is 95.2 Å². The summed E-state index contributed by atoms with van der Waals surface area (Å²) in [5.74, 6) is 3.47. The summed E-state index contributed by atoms with van der Waals surface area (Å²) >= 11 is 0. The van der Waals surface area contributed by atoms with Crippen molar-refractivity contribution in [2.75, 3.05) is 17.3 Å². The van der Waals surface area contributed by atoms with Gasteiger partial charge in [-0.1, -0.05) is 35.9 Å². The maximum atomic E-state index is 9.97. The molecule has 15 heavy (non-hydrogen) atoms. The largest absolute Gasteiger partial charge is 0.298 e. The summed E-state index contributed by atoms with van der Waals surface area (Å²) in [7, 11) is 0.505. The Hall–Kier alpha value is -0.760. The lowest BCUT2D eigenvalue weighted by Gasteiger charge is -1.89. The zero-order valence-corrected chi connectivity index (χ0v) is 10.1. The number of aldehydes is 1. The monoisotopic (exact) mass is 223 g/mol. The fourth-order valence-corrected chi connectivity index (χ4v) is 3.47. The summed E-state index contributed by atoms with van der Waals surface area (Å²) < 4.78 is 0. The molecule has 0 atom stereocenters. The van der Waals surface area contributed by atoms with E-state index in [1.165, 1.54) is 29.9 Å². The molecule has 0 aliphatic carbocycles. The first kappa shape index (κ1) is 12.3. The Bertz CT molecular complexity index is 265. The van der Waals surface area contributed by atoms with Crippen LogP contribution in [0.4, 0.5) is 0 Å². The van der Waals surface area contributed by atoms with Crippen LogP contribution in [0, 0.1) is 6.92 Å². The van der Waals surface area contributed by atoms with Crippen molar-refractivity contribution in [2.24, 2.45) is 0 Å². The van der Waals surface area contributed by atoms with E-state index in [2.05, 4.69) is 19.1 Å². The Morgan fingerprint density at radius 1 is 1.20 bits per heavy atom. The number of carbonyl (C=O) groups is 1. The van der Waals surface area contributed by atoms with Gasteiger partial charge < -0.3 is 0 Å². The third-order valence-electron chi connectivity index (χ3n) is 2.36. The maximum Gasteiger partial charge on any atom is 0.169 e. The molecule has 0 bridgehead atoms. The highest BCUT2D eigenvalue weighted by atomic mass is 32.2. The molecule has 1 aliphatic heterocycles. The average molecular weight is 223 g/mol. The molecule has 1 aromatic rings. The Morgan fingerprint density at radius 3 is 2.20 bits per heavy atom. The number of benzene rings is 1. The molecule has 2 rings (SSSR count). The predicted molar refractivity (Wildman–Crippen MR) is 68.4 cm³/mol. The second-order valence-corrected chi connectivity index (χ2v) is 6.09. The molecule has 1 aliphatic rings. The van der Waals surface area contributed by atoms with E-state index >= 15 is 0 Å². The van der Waals surface area contributed by atoms with Crippen LogP contribution in [-0.2, 0) is 15.7 Å². The van der Waals surface area contributed by atoms with Gasteiger partial charge in [-0.25, -0.2) is 0 Å². The van der Waals surface area contributed by atoms with Gasteiger partial charge in [0.2, 0.25) is 0 Å². The zero-order valence-electron chi connectivity index (χ0n) is 9.32. The smallest absolute Gasteiger partial charge is 0.169 e. The van der Waals surface area contributed by atoms with Crippen LogP contribution < -0.4 is 0 Å². The molecule has 0 unspecified atom stereocenters. The fourth-order valence-electron chi connectivity index (χ4n) is 1.51. The van der Waals surface area contributed by atoms with E-state index < -0.39 is 0 Å². The summed E-state index contributed by atoms with van der Waals surface area (Å²) in [6.07, 6.45) is 3.78. The SMILES string of the molecule is Cc1ccccc1.O=CC[S+]1CCCC1. The first-order valence-electron chi connectivity index (χ1n) is 5.42. The topological polar surface area (TPSA) is 17.1 Å². The van der Waals surface area contributed by atoms with E-state index in [-0.39, 0.29) is 0 Å². The quantitative estimate of drug-likeness (QED) is 0.556. The van der Waals surface area contributed by atoms with Gasteiger partial charge in [0.05, 0.1) is 0 Å². The van der Waals surface area contributed by atoms with Gasteiger partial charge in [-0.05, 0) is 30.7 Å². The number of aryl methyl sites for hydroxylation is 1.